The second-order valence-electron chi connectivity index (χ2n) is 25.9. The van der Waals surface area contributed by atoms with E-state index in [1.165, 1.54) is 327 Å². The fourth-order valence-corrected chi connectivity index (χ4v) is 11.7. The number of rotatable bonds is 71. The molecule has 0 saturated heterocycles. The van der Waals surface area contributed by atoms with Crippen molar-refractivity contribution < 1.29 is 28.6 Å². The maximum atomic E-state index is 12.9. The van der Waals surface area contributed by atoms with Crippen LogP contribution in [0.2, 0.25) is 0 Å². The Morgan fingerprint density at radius 1 is 0.229 bits per heavy atom. The van der Waals surface area contributed by atoms with Crippen LogP contribution in [0.3, 0.4) is 0 Å². The first-order valence-electron chi connectivity index (χ1n) is 37.8. The molecule has 0 aromatic heterocycles. The van der Waals surface area contributed by atoms with Gasteiger partial charge in [-0.2, -0.15) is 0 Å². The van der Waals surface area contributed by atoms with Gasteiger partial charge in [-0.25, -0.2) is 0 Å². The lowest BCUT2D eigenvalue weighted by Crippen LogP contribution is -2.30. The minimum absolute atomic E-state index is 0.0702. The van der Waals surface area contributed by atoms with Crippen molar-refractivity contribution in [1.82, 2.24) is 0 Å². The molecule has 0 aliphatic rings. The molecule has 0 aromatic rings. The largest absolute Gasteiger partial charge is 0.462 e. The third kappa shape index (κ3) is 70.5. The number of allylic oxidation sites excluding steroid dienone is 4. The first kappa shape index (κ1) is 80.9. The summed E-state index contributed by atoms with van der Waals surface area (Å²) in [6.07, 6.45) is 89.5. The van der Waals surface area contributed by atoms with Crippen LogP contribution in [0.25, 0.3) is 0 Å². The predicted molar refractivity (Wildman–Crippen MR) is 363 cm³/mol. The smallest absolute Gasteiger partial charge is 0.306 e. The first-order valence-corrected chi connectivity index (χ1v) is 37.8. The topological polar surface area (TPSA) is 78.9 Å². The summed E-state index contributed by atoms with van der Waals surface area (Å²) in [6, 6.07) is 0. The minimum Gasteiger partial charge on any atom is -0.462 e. The number of ether oxygens (including phenoxy) is 3. The summed E-state index contributed by atoms with van der Waals surface area (Å²) in [5.41, 5.74) is 0. The molecule has 0 amide bonds. The highest BCUT2D eigenvalue weighted by molar-refractivity contribution is 5.71. The Morgan fingerprint density at radius 3 is 0.602 bits per heavy atom. The van der Waals surface area contributed by atoms with Crippen LogP contribution in [0, 0.1) is 0 Å². The Bertz CT molecular complexity index is 1340. The lowest BCUT2D eigenvalue weighted by atomic mass is 10.0. The van der Waals surface area contributed by atoms with Crippen molar-refractivity contribution in [2.24, 2.45) is 0 Å². The maximum Gasteiger partial charge on any atom is 0.306 e. The molecule has 1 unspecified atom stereocenters. The Balaban J connectivity index is 4.15. The van der Waals surface area contributed by atoms with Gasteiger partial charge >= 0.3 is 17.9 Å². The number of hydrogen-bond donors (Lipinski definition) is 0. The van der Waals surface area contributed by atoms with Gasteiger partial charge in [0.2, 0.25) is 0 Å². The maximum absolute atomic E-state index is 12.9. The van der Waals surface area contributed by atoms with E-state index in [0.29, 0.717) is 19.3 Å². The predicted octanol–water partition coefficient (Wildman–Crippen LogP) is 26.1. The van der Waals surface area contributed by atoms with Gasteiger partial charge in [0.1, 0.15) is 13.2 Å². The van der Waals surface area contributed by atoms with Gasteiger partial charge < -0.3 is 14.2 Å². The van der Waals surface area contributed by atoms with Crippen molar-refractivity contribution in [3.8, 4) is 0 Å². The molecule has 0 aliphatic heterocycles. The average Bonchev–Trinajstić information content (AvgIpc) is 3.49. The van der Waals surface area contributed by atoms with Gasteiger partial charge in [0.05, 0.1) is 0 Å². The van der Waals surface area contributed by atoms with E-state index in [2.05, 4.69) is 45.1 Å². The molecule has 0 radical (unpaired) electrons. The zero-order chi connectivity index (χ0) is 59.9. The van der Waals surface area contributed by atoms with E-state index in [0.717, 1.165) is 64.2 Å². The van der Waals surface area contributed by atoms with Crippen molar-refractivity contribution in [3.63, 3.8) is 0 Å². The van der Waals surface area contributed by atoms with Gasteiger partial charge in [-0.05, 0) is 70.6 Å². The monoisotopic (exact) mass is 1170 g/mol. The molecule has 1 atom stereocenters. The highest BCUT2D eigenvalue weighted by atomic mass is 16.6. The van der Waals surface area contributed by atoms with E-state index >= 15 is 0 Å². The van der Waals surface area contributed by atoms with Crippen LogP contribution >= 0.6 is 0 Å². The molecular weight excluding hydrogens is 1020 g/mol. The third-order valence-corrected chi connectivity index (χ3v) is 17.4. The molecule has 0 bridgehead atoms. The molecule has 0 N–H and O–H groups in total. The van der Waals surface area contributed by atoms with E-state index in [1.54, 1.807) is 0 Å². The molecule has 0 fully saturated rings. The quantitative estimate of drug-likeness (QED) is 0.0261. The SMILES string of the molecule is CCCCCCCC/C=C\CCCCCCCCCC(=O)OC(COC(=O)CCCCCCC/C=C\CCCCCCCCC)COC(=O)CCCCCCCCCCCCCCCCCCCCCCCCCCCCCCCCCC. The molecule has 6 heteroatoms. The molecule has 0 saturated carbocycles. The van der Waals surface area contributed by atoms with Gasteiger partial charge in [-0.3, -0.25) is 14.4 Å². The molecule has 0 heterocycles. The molecule has 0 aromatic carbocycles. The summed E-state index contributed by atoms with van der Waals surface area (Å²) in [4.78, 5) is 38.5. The highest BCUT2D eigenvalue weighted by Crippen LogP contribution is 2.19. The number of esters is 3. The molecule has 0 aliphatic carbocycles. The molecular formula is C77H146O6. The third-order valence-electron chi connectivity index (χ3n) is 17.4. The van der Waals surface area contributed by atoms with Gasteiger partial charge in [-0.1, -0.05) is 366 Å². The lowest BCUT2D eigenvalue weighted by Gasteiger charge is -2.18. The van der Waals surface area contributed by atoms with Crippen LogP contribution < -0.4 is 0 Å². The van der Waals surface area contributed by atoms with Crippen LogP contribution in [0.5, 0.6) is 0 Å². The molecule has 83 heavy (non-hydrogen) atoms. The number of carbonyl (C=O) groups is 3. The summed E-state index contributed by atoms with van der Waals surface area (Å²) < 4.78 is 17.0. The molecule has 0 spiro atoms. The summed E-state index contributed by atoms with van der Waals surface area (Å²) in [5.74, 6) is -0.851. The zero-order valence-electron chi connectivity index (χ0n) is 56.5. The fraction of sp³-hybridized carbons (Fsp3) is 0.909. The van der Waals surface area contributed by atoms with Gasteiger partial charge in [0.15, 0.2) is 6.10 Å². The fourth-order valence-electron chi connectivity index (χ4n) is 11.7. The van der Waals surface area contributed by atoms with Crippen molar-refractivity contribution in [2.75, 3.05) is 13.2 Å². The van der Waals surface area contributed by atoms with Gasteiger partial charge in [0, 0.05) is 19.3 Å². The van der Waals surface area contributed by atoms with Crippen molar-refractivity contribution >= 4 is 17.9 Å². The Hall–Kier alpha value is -2.11. The molecule has 0 rings (SSSR count). The molecule has 6 nitrogen and oxygen atoms in total. The van der Waals surface area contributed by atoms with Crippen LogP contribution in [0.15, 0.2) is 24.3 Å². The summed E-state index contributed by atoms with van der Waals surface area (Å²) >= 11 is 0. The molecule has 490 valence electrons. The van der Waals surface area contributed by atoms with Crippen LogP contribution in [0.1, 0.15) is 432 Å². The summed E-state index contributed by atoms with van der Waals surface area (Å²) in [6.45, 7) is 6.71. The van der Waals surface area contributed by atoms with Crippen LogP contribution in [0.4, 0.5) is 0 Å². The number of hydrogen-bond acceptors (Lipinski definition) is 6. The standard InChI is InChI=1S/C77H146O6/c1-4-7-10-13-16-19-22-25-28-31-32-33-34-35-36-37-38-39-40-41-42-43-44-45-47-49-52-55-58-61-64-67-70-76(79)82-73-74(72-81-75(78)69-66-63-60-57-54-51-48-30-27-24-21-18-15-12-9-6-3)83-77(80)71-68-65-62-59-56-53-50-46-29-26-23-20-17-14-11-8-5-2/h26,29-30,48,74H,4-25,27-28,31-47,49-73H2,1-3H3/b29-26-,48-30-. The van der Waals surface area contributed by atoms with E-state index < -0.39 is 6.10 Å². The van der Waals surface area contributed by atoms with E-state index in [-0.39, 0.29) is 31.1 Å². The van der Waals surface area contributed by atoms with Crippen molar-refractivity contribution in [3.05, 3.63) is 24.3 Å². The minimum atomic E-state index is -0.776. The summed E-state index contributed by atoms with van der Waals surface area (Å²) in [5, 5.41) is 0. The number of unbranched alkanes of at least 4 members (excludes halogenated alkanes) is 56. The van der Waals surface area contributed by atoms with E-state index in [9.17, 15) is 14.4 Å². The van der Waals surface area contributed by atoms with Crippen LogP contribution in [-0.2, 0) is 28.6 Å². The second-order valence-corrected chi connectivity index (χ2v) is 25.9. The average molecular weight is 1170 g/mol. The normalized spacial score (nSPS) is 12.1. The van der Waals surface area contributed by atoms with E-state index in [1.807, 2.05) is 0 Å². The Morgan fingerprint density at radius 2 is 0.398 bits per heavy atom. The highest BCUT2D eigenvalue weighted by Gasteiger charge is 2.20. The lowest BCUT2D eigenvalue weighted by molar-refractivity contribution is -0.167. The first-order chi connectivity index (χ1) is 41.0. The van der Waals surface area contributed by atoms with Crippen molar-refractivity contribution in [1.29, 1.82) is 0 Å². The van der Waals surface area contributed by atoms with Crippen molar-refractivity contribution in [2.45, 2.75) is 438 Å². The van der Waals surface area contributed by atoms with Gasteiger partial charge in [-0.15, -0.1) is 0 Å². The second kappa shape index (κ2) is 72.4. The Labute approximate surface area is 519 Å². The van der Waals surface area contributed by atoms with Crippen LogP contribution in [-0.4, -0.2) is 37.2 Å². The number of carbonyl (C=O) groups excluding carboxylic acids is 3. The Kier molecular flexibility index (Phi) is 70.5. The zero-order valence-corrected chi connectivity index (χ0v) is 56.5. The summed E-state index contributed by atoms with van der Waals surface area (Å²) in [7, 11) is 0. The van der Waals surface area contributed by atoms with E-state index in [4.69, 9.17) is 14.2 Å². The van der Waals surface area contributed by atoms with Gasteiger partial charge in [0.25, 0.3) is 0 Å².